The lowest BCUT2D eigenvalue weighted by atomic mass is 10.6. The highest BCUT2D eigenvalue weighted by Gasteiger charge is 1.98. The number of carbonyl (C=O) groups is 1. The Morgan fingerprint density at radius 2 is 0.467 bits per heavy atom. The van der Waals surface area contributed by atoms with Gasteiger partial charge in [-0.3, -0.25) is 0 Å². The van der Waals surface area contributed by atoms with E-state index in [1.165, 1.54) is 0 Å². The van der Waals surface area contributed by atoms with Crippen LogP contribution in [0.4, 0.5) is 0 Å². The first-order valence-electron chi connectivity index (χ1n) is 15.5. The van der Waals surface area contributed by atoms with Crippen molar-refractivity contribution < 1.29 is 76.2 Å². The molecule has 0 aliphatic carbocycles. The molecule has 0 amide bonds. The molecule has 0 aliphatic rings. The normalized spacial score (nSPS) is 11.5. The number of hydrogen-bond acceptors (Lipinski definition) is 15. The minimum absolute atomic E-state index is 0.240. The zero-order valence-electron chi connectivity index (χ0n) is 27.2. The lowest BCUT2D eigenvalue weighted by molar-refractivity contribution is -0.142. The molecule has 0 rings (SSSR count). The third-order valence-corrected chi connectivity index (χ3v) is 5.12. The van der Waals surface area contributed by atoms with Crippen molar-refractivity contribution in [1.29, 1.82) is 0 Å². The molecule has 16 heteroatoms. The molecule has 45 heavy (non-hydrogen) atoms. The molecule has 0 saturated heterocycles. The Bertz CT molecular complexity index is 560. The molecule has 0 heterocycles. The lowest BCUT2D eigenvalue weighted by Gasteiger charge is -2.09. The van der Waals surface area contributed by atoms with Crippen molar-refractivity contribution >= 4 is 5.97 Å². The van der Waals surface area contributed by atoms with Crippen molar-refractivity contribution in [3.63, 3.8) is 0 Å². The summed E-state index contributed by atoms with van der Waals surface area (Å²) in [4.78, 5) is 10.3. The van der Waals surface area contributed by atoms with E-state index in [0.29, 0.717) is 165 Å². The van der Waals surface area contributed by atoms with Gasteiger partial charge in [-0.1, -0.05) is 0 Å². The van der Waals surface area contributed by atoms with E-state index in [1.54, 1.807) is 7.11 Å². The van der Waals surface area contributed by atoms with E-state index in [0.717, 1.165) is 0 Å². The van der Waals surface area contributed by atoms with Crippen LogP contribution in [-0.4, -0.2) is 197 Å². The Hall–Kier alpha value is -1.09. The number of ether oxygens (including phenoxy) is 14. The fraction of sp³-hybridized carbons (Fsp3) is 0.966. The molecule has 0 atom stereocenters. The summed E-state index contributed by atoms with van der Waals surface area (Å²) < 4.78 is 74.6. The van der Waals surface area contributed by atoms with Gasteiger partial charge in [-0.05, 0) is 0 Å². The maximum absolute atomic E-state index is 10.3. The molecular formula is C29H58O16. The van der Waals surface area contributed by atoms with E-state index in [4.69, 9.17) is 71.4 Å². The van der Waals surface area contributed by atoms with Gasteiger partial charge in [-0.25, -0.2) is 4.79 Å². The van der Waals surface area contributed by atoms with Gasteiger partial charge in [0.2, 0.25) is 0 Å². The van der Waals surface area contributed by atoms with Crippen LogP contribution in [0.2, 0.25) is 0 Å². The van der Waals surface area contributed by atoms with E-state index in [-0.39, 0.29) is 13.2 Å². The molecule has 0 saturated carbocycles. The molecule has 0 bridgehead atoms. The highest BCUT2D eigenvalue weighted by molar-refractivity contribution is 5.67. The lowest BCUT2D eigenvalue weighted by Crippen LogP contribution is -2.16. The van der Waals surface area contributed by atoms with Gasteiger partial charge in [-0.15, -0.1) is 0 Å². The van der Waals surface area contributed by atoms with E-state index < -0.39 is 5.97 Å². The molecule has 270 valence electrons. The summed E-state index contributed by atoms with van der Waals surface area (Å²) in [7, 11) is 1.64. The first-order valence-corrected chi connectivity index (χ1v) is 15.5. The second-order valence-electron chi connectivity index (χ2n) is 8.79. The van der Waals surface area contributed by atoms with Crippen LogP contribution in [0.15, 0.2) is 0 Å². The predicted octanol–water partition coefficient (Wildman–Crippen LogP) is -0.0668. The highest BCUT2D eigenvalue weighted by Crippen LogP contribution is 1.87. The van der Waals surface area contributed by atoms with Crippen LogP contribution in [0.25, 0.3) is 0 Å². The van der Waals surface area contributed by atoms with Crippen LogP contribution in [-0.2, 0) is 71.1 Å². The average Bonchev–Trinajstić information content (AvgIpc) is 3.03. The second-order valence-corrected chi connectivity index (χ2v) is 8.79. The Balaban J connectivity index is 3.04. The van der Waals surface area contributed by atoms with Gasteiger partial charge >= 0.3 is 5.97 Å². The summed E-state index contributed by atoms with van der Waals surface area (Å²) >= 11 is 0. The zero-order chi connectivity index (χ0) is 32.6. The van der Waals surface area contributed by atoms with Gasteiger partial charge in [-0.2, -0.15) is 0 Å². The van der Waals surface area contributed by atoms with Crippen LogP contribution < -0.4 is 0 Å². The van der Waals surface area contributed by atoms with Crippen molar-refractivity contribution in [3.05, 3.63) is 0 Å². The number of rotatable bonds is 41. The molecule has 0 unspecified atom stereocenters. The molecule has 0 aliphatic heterocycles. The summed E-state index contributed by atoms with van der Waals surface area (Å²) in [5.41, 5.74) is 0. The molecule has 0 spiro atoms. The SMILES string of the molecule is COCCOCCOCCOCCOCCOCCOCCOCCOCCOCCOCCOCCOCCOCC(=O)O. The Morgan fingerprint density at radius 3 is 0.622 bits per heavy atom. The number of hydrogen-bond donors (Lipinski definition) is 1. The van der Waals surface area contributed by atoms with Gasteiger partial charge in [0, 0.05) is 7.11 Å². The van der Waals surface area contributed by atoms with Crippen LogP contribution >= 0.6 is 0 Å². The van der Waals surface area contributed by atoms with Crippen molar-refractivity contribution in [2.75, 3.05) is 185 Å². The third kappa shape index (κ3) is 42.9. The first kappa shape index (κ1) is 43.9. The molecule has 1 N–H and O–H groups in total. The van der Waals surface area contributed by atoms with Crippen LogP contribution in [0.3, 0.4) is 0 Å². The number of aliphatic carboxylic acids is 1. The smallest absolute Gasteiger partial charge is 0.329 e. The predicted molar refractivity (Wildman–Crippen MR) is 160 cm³/mol. The highest BCUT2D eigenvalue weighted by atomic mass is 16.6. The largest absolute Gasteiger partial charge is 0.480 e. The Morgan fingerprint density at radius 1 is 0.311 bits per heavy atom. The molecule has 16 nitrogen and oxygen atoms in total. The minimum Gasteiger partial charge on any atom is -0.480 e. The van der Waals surface area contributed by atoms with Crippen molar-refractivity contribution in [2.45, 2.75) is 0 Å². The van der Waals surface area contributed by atoms with Crippen LogP contribution in [0.1, 0.15) is 0 Å². The van der Waals surface area contributed by atoms with Gasteiger partial charge in [0.15, 0.2) is 0 Å². The van der Waals surface area contributed by atoms with Crippen LogP contribution in [0.5, 0.6) is 0 Å². The van der Waals surface area contributed by atoms with E-state index >= 15 is 0 Å². The zero-order valence-corrected chi connectivity index (χ0v) is 27.2. The van der Waals surface area contributed by atoms with Crippen molar-refractivity contribution in [2.24, 2.45) is 0 Å². The topological polar surface area (TPSA) is 167 Å². The van der Waals surface area contributed by atoms with E-state index in [2.05, 4.69) is 0 Å². The molecule has 0 aromatic rings. The molecule has 0 radical (unpaired) electrons. The fourth-order valence-corrected chi connectivity index (χ4v) is 2.94. The standard InChI is InChI=1S/C29H58O16/c1-32-2-3-33-4-5-34-6-7-35-8-9-36-10-11-37-12-13-38-14-15-39-16-17-40-18-19-41-20-21-42-22-23-43-24-25-44-26-27-45-28-29(30)31/h2-28H2,1H3,(H,30,31). The van der Waals surface area contributed by atoms with Crippen LogP contribution in [0, 0.1) is 0 Å². The Labute approximate surface area is 268 Å². The average molecular weight is 663 g/mol. The molecular weight excluding hydrogens is 604 g/mol. The summed E-state index contributed by atoms with van der Waals surface area (Å²) in [5.74, 6) is -0.997. The molecule has 0 fully saturated rings. The maximum atomic E-state index is 10.3. The van der Waals surface area contributed by atoms with Gasteiger partial charge < -0.3 is 71.4 Å². The number of carboxylic acid groups (broad SMARTS) is 1. The summed E-state index contributed by atoms with van der Waals surface area (Å²) in [6.45, 7) is 12.3. The first-order chi connectivity index (χ1) is 22.3. The van der Waals surface area contributed by atoms with Gasteiger partial charge in [0.25, 0.3) is 0 Å². The second kappa shape index (κ2) is 40.9. The number of methoxy groups -OCH3 is 1. The fourth-order valence-electron chi connectivity index (χ4n) is 2.94. The van der Waals surface area contributed by atoms with Crippen molar-refractivity contribution in [3.8, 4) is 0 Å². The van der Waals surface area contributed by atoms with Gasteiger partial charge in [0.05, 0.1) is 172 Å². The van der Waals surface area contributed by atoms with E-state index in [1.807, 2.05) is 0 Å². The molecule has 0 aromatic heterocycles. The van der Waals surface area contributed by atoms with Gasteiger partial charge in [0.1, 0.15) is 6.61 Å². The maximum Gasteiger partial charge on any atom is 0.329 e. The summed E-state index contributed by atoms with van der Waals surface area (Å²) in [6.07, 6.45) is 0. The number of carboxylic acids is 1. The summed E-state index contributed by atoms with van der Waals surface area (Å²) in [6, 6.07) is 0. The van der Waals surface area contributed by atoms with E-state index in [9.17, 15) is 4.79 Å². The minimum atomic E-state index is -0.997. The molecule has 0 aromatic carbocycles. The van der Waals surface area contributed by atoms with Crippen molar-refractivity contribution in [1.82, 2.24) is 0 Å². The Kier molecular flexibility index (Phi) is 39.9. The quantitative estimate of drug-likeness (QED) is 0.0864. The third-order valence-electron chi connectivity index (χ3n) is 5.12. The monoisotopic (exact) mass is 662 g/mol. The summed E-state index contributed by atoms with van der Waals surface area (Å²) in [5, 5.41) is 8.42.